The molecule has 1 aromatic rings. The number of aliphatic hydroxyl groups is 1. The number of amides is 3. The van der Waals surface area contributed by atoms with Crippen LogP contribution in [0.25, 0.3) is 0 Å². The van der Waals surface area contributed by atoms with E-state index in [9.17, 15) is 19.5 Å². The van der Waals surface area contributed by atoms with Crippen LogP contribution in [0.2, 0.25) is 0 Å². The summed E-state index contributed by atoms with van der Waals surface area (Å²) >= 11 is 0. The fourth-order valence-corrected chi connectivity index (χ4v) is 7.51. The molecular formula is C32H48N4O4. The van der Waals surface area contributed by atoms with Crippen molar-refractivity contribution in [2.75, 3.05) is 39.3 Å². The minimum absolute atomic E-state index is 0.0737. The third-order valence-corrected chi connectivity index (χ3v) is 10.1. The molecule has 5 rings (SSSR count). The first-order valence-corrected chi connectivity index (χ1v) is 15.8. The Hall–Kier alpha value is -2.45. The lowest BCUT2D eigenvalue weighted by molar-refractivity contribution is -0.166. The van der Waals surface area contributed by atoms with Gasteiger partial charge >= 0.3 is 0 Å². The number of carbonyl (C=O) groups excluding carboxylic acids is 3. The zero-order chi connectivity index (χ0) is 28.1. The van der Waals surface area contributed by atoms with Crippen molar-refractivity contribution < 1.29 is 19.5 Å². The van der Waals surface area contributed by atoms with Crippen LogP contribution in [0, 0.1) is 11.8 Å². The number of piperidine rings is 2. The third-order valence-electron chi connectivity index (χ3n) is 10.1. The van der Waals surface area contributed by atoms with E-state index in [1.54, 1.807) is 0 Å². The molecule has 3 saturated heterocycles. The zero-order valence-electron chi connectivity index (χ0n) is 24.2. The molecule has 1 aromatic carbocycles. The van der Waals surface area contributed by atoms with Crippen LogP contribution in [0.4, 0.5) is 0 Å². The summed E-state index contributed by atoms with van der Waals surface area (Å²) in [7, 11) is 0. The van der Waals surface area contributed by atoms with Gasteiger partial charge in [-0.1, -0.05) is 50.8 Å². The molecule has 3 heterocycles. The average Bonchev–Trinajstić information content (AvgIpc) is 3.00. The van der Waals surface area contributed by atoms with E-state index in [-0.39, 0.29) is 23.6 Å². The summed E-state index contributed by atoms with van der Waals surface area (Å²) in [5.74, 6) is 0.569. The summed E-state index contributed by atoms with van der Waals surface area (Å²) in [5, 5.41) is 14.2. The van der Waals surface area contributed by atoms with Crippen molar-refractivity contribution in [2.45, 2.75) is 95.2 Å². The molecule has 8 nitrogen and oxygen atoms in total. The van der Waals surface area contributed by atoms with E-state index in [0.717, 1.165) is 89.7 Å². The summed E-state index contributed by atoms with van der Waals surface area (Å²) in [5.41, 5.74) is -0.0551. The van der Waals surface area contributed by atoms with Crippen LogP contribution in [0.15, 0.2) is 30.3 Å². The molecule has 3 amide bonds. The molecule has 4 aliphatic rings. The normalized spacial score (nSPS) is 25.7. The van der Waals surface area contributed by atoms with E-state index >= 15 is 0 Å². The first kappa shape index (κ1) is 29.1. The predicted octanol–water partition coefficient (Wildman–Crippen LogP) is 3.44. The quantitative estimate of drug-likeness (QED) is 0.516. The van der Waals surface area contributed by atoms with Crippen LogP contribution >= 0.6 is 0 Å². The highest BCUT2D eigenvalue weighted by Crippen LogP contribution is 2.36. The number of piperazine rings is 1. The maximum atomic E-state index is 13.8. The number of nitrogens with zero attached hydrogens (tertiary/aromatic N) is 3. The number of rotatable bonds is 8. The maximum Gasteiger partial charge on any atom is 0.253 e. The van der Waals surface area contributed by atoms with E-state index in [1.165, 1.54) is 6.42 Å². The van der Waals surface area contributed by atoms with Gasteiger partial charge in [-0.05, 0) is 68.9 Å². The summed E-state index contributed by atoms with van der Waals surface area (Å²) in [4.78, 5) is 46.6. The molecular weight excluding hydrogens is 504 g/mol. The lowest BCUT2D eigenvalue weighted by Gasteiger charge is -2.53. The van der Waals surface area contributed by atoms with Crippen LogP contribution in [0.5, 0.6) is 0 Å². The van der Waals surface area contributed by atoms with Crippen molar-refractivity contribution in [1.82, 2.24) is 20.0 Å². The number of benzene rings is 1. The van der Waals surface area contributed by atoms with Gasteiger partial charge in [-0.25, -0.2) is 0 Å². The minimum atomic E-state index is -0.820. The van der Waals surface area contributed by atoms with Gasteiger partial charge < -0.3 is 25.1 Å². The number of nitrogens with one attached hydrogen (secondary N) is 1. The van der Waals surface area contributed by atoms with E-state index in [2.05, 4.69) is 17.1 Å². The predicted molar refractivity (Wildman–Crippen MR) is 155 cm³/mol. The van der Waals surface area contributed by atoms with Gasteiger partial charge in [-0.3, -0.25) is 14.4 Å². The lowest BCUT2D eigenvalue weighted by atomic mass is 9.77. The van der Waals surface area contributed by atoms with Crippen molar-refractivity contribution >= 4 is 17.7 Å². The molecule has 1 saturated carbocycles. The lowest BCUT2D eigenvalue weighted by Crippen LogP contribution is -2.75. The number of aliphatic hydroxyl groups excluding tert-OH is 1. The Kier molecular flexibility index (Phi) is 9.46. The molecule has 1 aliphatic carbocycles. The van der Waals surface area contributed by atoms with Crippen LogP contribution in [0.1, 0.15) is 87.9 Å². The molecule has 2 atom stereocenters. The SMILES string of the molecule is CCCCN1C(=O)[C@@H]([C@H](O)C2CCCCC2)NC(=O)C12CCN(CC1CCN(C(=O)c3ccccc3)CC1)CC2. The highest BCUT2D eigenvalue weighted by atomic mass is 16.3. The fraction of sp³-hybridized carbons (Fsp3) is 0.719. The second kappa shape index (κ2) is 13.0. The maximum absolute atomic E-state index is 13.8. The Bertz CT molecular complexity index is 1010. The van der Waals surface area contributed by atoms with Gasteiger partial charge in [0.1, 0.15) is 11.6 Å². The molecule has 0 unspecified atom stereocenters. The standard InChI is InChI=1S/C32H48N4O4/c1-2-3-18-36-30(39)27(28(37)25-10-6-4-7-11-25)33-31(40)32(36)16-21-34(22-17-32)23-24-14-19-35(20-15-24)29(38)26-12-8-5-9-13-26/h5,8-9,12-13,24-25,27-28,37H,2-4,6-7,10-11,14-23H2,1H3,(H,33,40)/t27-,28-/m1/s1. The van der Waals surface area contributed by atoms with Crippen LogP contribution in [-0.2, 0) is 9.59 Å². The van der Waals surface area contributed by atoms with Gasteiger partial charge in [-0.15, -0.1) is 0 Å². The molecule has 0 bridgehead atoms. The second-order valence-electron chi connectivity index (χ2n) is 12.6. The van der Waals surface area contributed by atoms with Crippen molar-refractivity contribution in [2.24, 2.45) is 11.8 Å². The van der Waals surface area contributed by atoms with Gasteiger partial charge in [0, 0.05) is 44.8 Å². The third kappa shape index (κ3) is 6.08. The van der Waals surface area contributed by atoms with Gasteiger partial charge in [0.05, 0.1) is 6.10 Å². The van der Waals surface area contributed by atoms with Crippen molar-refractivity contribution in [3.8, 4) is 0 Å². The van der Waals surface area contributed by atoms with E-state index in [0.29, 0.717) is 25.3 Å². The van der Waals surface area contributed by atoms with Crippen molar-refractivity contribution in [3.05, 3.63) is 35.9 Å². The highest BCUT2D eigenvalue weighted by molar-refractivity contribution is 6.00. The number of hydrogen-bond donors (Lipinski definition) is 2. The Morgan fingerprint density at radius 3 is 2.33 bits per heavy atom. The Morgan fingerprint density at radius 1 is 1.00 bits per heavy atom. The Morgan fingerprint density at radius 2 is 1.68 bits per heavy atom. The minimum Gasteiger partial charge on any atom is -0.390 e. The van der Waals surface area contributed by atoms with E-state index in [4.69, 9.17) is 0 Å². The number of likely N-dealkylation sites (tertiary alicyclic amines) is 2. The zero-order valence-corrected chi connectivity index (χ0v) is 24.2. The monoisotopic (exact) mass is 552 g/mol. The molecule has 2 N–H and O–H groups in total. The van der Waals surface area contributed by atoms with E-state index < -0.39 is 17.7 Å². The smallest absolute Gasteiger partial charge is 0.253 e. The molecule has 8 heteroatoms. The van der Waals surface area contributed by atoms with Crippen molar-refractivity contribution in [3.63, 3.8) is 0 Å². The number of unbranched alkanes of at least 4 members (excludes halogenated alkanes) is 1. The topological polar surface area (TPSA) is 93.2 Å². The largest absolute Gasteiger partial charge is 0.390 e. The highest BCUT2D eigenvalue weighted by Gasteiger charge is 2.55. The summed E-state index contributed by atoms with van der Waals surface area (Å²) in [6.45, 7) is 6.77. The molecule has 40 heavy (non-hydrogen) atoms. The number of hydrogen-bond acceptors (Lipinski definition) is 5. The van der Waals surface area contributed by atoms with Gasteiger partial charge in [0.25, 0.3) is 5.91 Å². The Balaban J connectivity index is 1.17. The summed E-state index contributed by atoms with van der Waals surface area (Å²) < 4.78 is 0. The van der Waals surface area contributed by atoms with Crippen LogP contribution < -0.4 is 5.32 Å². The fourth-order valence-electron chi connectivity index (χ4n) is 7.51. The average molecular weight is 553 g/mol. The van der Waals surface area contributed by atoms with Crippen LogP contribution in [-0.4, -0.2) is 94.5 Å². The molecule has 3 aliphatic heterocycles. The summed E-state index contributed by atoms with van der Waals surface area (Å²) in [6, 6.07) is 8.69. The second-order valence-corrected chi connectivity index (χ2v) is 12.6. The molecule has 4 fully saturated rings. The molecule has 220 valence electrons. The first-order valence-electron chi connectivity index (χ1n) is 15.8. The molecule has 0 aromatic heterocycles. The first-order chi connectivity index (χ1) is 19.4. The van der Waals surface area contributed by atoms with Crippen LogP contribution in [0.3, 0.4) is 0 Å². The molecule has 1 spiro atoms. The Labute approximate surface area is 239 Å². The number of carbonyl (C=O) groups is 3. The van der Waals surface area contributed by atoms with Gasteiger partial charge in [-0.2, -0.15) is 0 Å². The van der Waals surface area contributed by atoms with E-state index in [1.807, 2.05) is 40.1 Å². The molecule has 0 radical (unpaired) electrons. The summed E-state index contributed by atoms with van der Waals surface area (Å²) in [6.07, 6.45) is 9.44. The van der Waals surface area contributed by atoms with Crippen molar-refractivity contribution in [1.29, 1.82) is 0 Å². The van der Waals surface area contributed by atoms with Gasteiger partial charge in [0.2, 0.25) is 11.8 Å². The van der Waals surface area contributed by atoms with Gasteiger partial charge in [0.15, 0.2) is 0 Å².